The fraction of sp³-hybridized carbons (Fsp3) is 0.300. The maximum absolute atomic E-state index is 12.3. The predicted octanol–water partition coefficient (Wildman–Crippen LogP) is 1.56. The molecule has 11 heteroatoms. The first-order chi connectivity index (χ1) is 14.7. The van der Waals surface area contributed by atoms with E-state index < -0.39 is 34.5 Å². The Morgan fingerprint density at radius 2 is 1.55 bits per heavy atom. The quantitative estimate of drug-likeness (QED) is 0.520. The van der Waals surface area contributed by atoms with Crippen molar-refractivity contribution >= 4 is 27.6 Å². The van der Waals surface area contributed by atoms with Gasteiger partial charge in [-0.1, -0.05) is 18.2 Å². The molecular formula is C20H24N2O8S. The van der Waals surface area contributed by atoms with Crippen molar-refractivity contribution in [3.05, 3.63) is 42.5 Å². The van der Waals surface area contributed by atoms with Gasteiger partial charge in [0.05, 0.1) is 26.2 Å². The number of rotatable bonds is 10. The Morgan fingerprint density at radius 3 is 2.06 bits per heavy atom. The number of amides is 1. The average molecular weight is 452 g/mol. The number of esters is 1. The van der Waals surface area contributed by atoms with Crippen LogP contribution in [-0.2, 0) is 24.3 Å². The largest absolute Gasteiger partial charge is 0.493 e. The molecule has 2 aromatic carbocycles. The molecule has 10 nitrogen and oxygen atoms in total. The number of hydrogen-bond acceptors (Lipinski definition) is 8. The van der Waals surface area contributed by atoms with Crippen molar-refractivity contribution in [2.75, 3.05) is 33.3 Å². The van der Waals surface area contributed by atoms with Gasteiger partial charge in [0.25, 0.3) is 5.91 Å². The van der Waals surface area contributed by atoms with Crippen molar-refractivity contribution < 1.29 is 37.0 Å². The molecule has 0 saturated heterocycles. The minimum absolute atomic E-state index is 0.00907. The van der Waals surface area contributed by atoms with E-state index >= 15 is 0 Å². The Labute approximate surface area is 180 Å². The summed E-state index contributed by atoms with van der Waals surface area (Å²) >= 11 is 0. The van der Waals surface area contributed by atoms with Crippen molar-refractivity contribution in [1.29, 1.82) is 0 Å². The SMILES string of the molecule is COc1cc(NC(=O)COC(=O)C(C)NS(=O)(=O)c2ccccc2)cc(OC)c1OC. The highest BCUT2D eigenvalue weighted by molar-refractivity contribution is 7.89. The number of ether oxygens (including phenoxy) is 4. The van der Waals surface area contributed by atoms with Gasteiger partial charge >= 0.3 is 5.97 Å². The number of benzene rings is 2. The van der Waals surface area contributed by atoms with Gasteiger partial charge < -0.3 is 24.3 Å². The van der Waals surface area contributed by atoms with Crippen LogP contribution in [0.25, 0.3) is 0 Å². The zero-order chi connectivity index (χ0) is 23.0. The highest BCUT2D eigenvalue weighted by Crippen LogP contribution is 2.39. The van der Waals surface area contributed by atoms with E-state index in [1.165, 1.54) is 52.5 Å². The second-order valence-electron chi connectivity index (χ2n) is 6.23. The van der Waals surface area contributed by atoms with Gasteiger partial charge in [0.2, 0.25) is 15.8 Å². The molecule has 0 aliphatic rings. The van der Waals surface area contributed by atoms with E-state index in [2.05, 4.69) is 10.0 Å². The lowest BCUT2D eigenvalue weighted by Crippen LogP contribution is -2.40. The Bertz CT molecular complexity index is 1000. The molecule has 0 heterocycles. The van der Waals surface area contributed by atoms with Crippen LogP contribution in [0.1, 0.15) is 6.92 Å². The summed E-state index contributed by atoms with van der Waals surface area (Å²) in [6, 6.07) is 9.41. The van der Waals surface area contributed by atoms with Gasteiger partial charge in [-0.05, 0) is 19.1 Å². The summed E-state index contributed by atoms with van der Waals surface area (Å²) in [4.78, 5) is 24.3. The molecule has 168 valence electrons. The van der Waals surface area contributed by atoms with Crippen molar-refractivity contribution in [3.8, 4) is 17.2 Å². The third kappa shape index (κ3) is 6.33. The Hall–Kier alpha value is -3.31. The Kier molecular flexibility index (Phi) is 8.22. The van der Waals surface area contributed by atoms with Gasteiger partial charge in [-0.25, -0.2) is 8.42 Å². The Morgan fingerprint density at radius 1 is 0.968 bits per heavy atom. The van der Waals surface area contributed by atoms with Gasteiger partial charge in [-0.3, -0.25) is 9.59 Å². The summed E-state index contributed by atoms with van der Waals surface area (Å²) in [6.45, 7) is 0.701. The molecule has 0 radical (unpaired) electrons. The monoisotopic (exact) mass is 452 g/mol. The van der Waals surface area contributed by atoms with Crippen LogP contribution in [0, 0.1) is 0 Å². The van der Waals surface area contributed by atoms with Gasteiger partial charge in [-0.15, -0.1) is 0 Å². The van der Waals surface area contributed by atoms with Crippen LogP contribution in [-0.4, -0.2) is 54.3 Å². The van der Waals surface area contributed by atoms with Crippen molar-refractivity contribution in [1.82, 2.24) is 4.72 Å². The lowest BCUT2D eigenvalue weighted by molar-refractivity contribution is -0.148. The highest BCUT2D eigenvalue weighted by Gasteiger charge is 2.23. The predicted molar refractivity (Wildman–Crippen MR) is 112 cm³/mol. The molecule has 0 aliphatic heterocycles. The summed E-state index contributed by atoms with van der Waals surface area (Å²) in [5, 5.41) is 2.54. The summed E-state index contributed by atoms with van der Waals surface area (Å²) in [5.41, 5.74) is 0.327. The zero-order valence-corrected chi connectivity index (χ0v) is 18.3. The van der Waals surface area contributed by atoms with E-state index in [9.17, 15) is 18.0 Å². The minimum Gasteiger partial charge on any atom is -0.493 e. The molecule has 1 unspecified atom stereocenters. The van der Waals surface area contributed by atoms with E-state index in [1.807, 2.05) is 0 Å². The first-order valence-electron chi connectivity index (χ1n) is 9.05. The van der Waals surface area contributed by atoms with Crippen LogP contribution in [0.15, 0.2) is 47.4 Å². The number of hydrogen-bond donors (Lipinski definition) is 2. The van der Waals surface area contributed by atoms with Crippen molar-refractivity contribution in [2.45, 2.75) is 17.9 Å². The summed E-state index contributed by atoms with van der Waals surface area (Å²) in [5.74, 6) is -0.523. The molecule has 1 amide bonds. The fourth-order valence-electron chi connectivity index (χ4n) is 2.56. The normalized spacial score (nSPS) is 11.9. The number of carbonyl (C=O) groups excluding carboxylic acids is 2. The van der Waals surface area contributed by atoms with Crippen molar-refractivity contribution in [3.63, 3.8) is 0 Å². The Balaban J connectivity index is 1.96. The minimum atomic E-state index is -3.90. The first-order valence-corrected chi connectivity index (χ1v) is 10.5. The van der Waals surface area contributed by atoms with Crippen molar-refractivity contribution in [2.24, 2.45) is 0 Å². The molecule has 0 aromatic heterocycles. The molecule has 2 rings (SSSR count). The van der Waals surface area contributed by atoms with Gasteiger partial charge in [-0.2, -0.15) is 4.72 Å². The van der Waals surface area contributed by atoms with Crippen LogP contribution in [0.4, 0.5) is 5.69 Å². The molecule has 2 aromatic rings. The molecule has 0 saturated carbocycles. The van der Waals surface area contributed by atoms with E-state index in [1.54, 1.807) is 18.2 Å². The van der Waals surface area contributed by atoms with E-state index in [0.29, 0.717) is 22.9 Å². The fourth-order valence-corrected chi connectivity index (χ4v) is 3.77. The van der Waals surface area contributed by atoms with Gasteiger partial charge in [0.1, 0.15) is 6.04 Å². The van der Waals surface area contributed by atoms with Crippen LogP contribution >= 0.6 is 0 Å². The van der Waals surface area contributed by atoms with Crippen LogP contribution in [0.5, 0.6) is 17.2 Å². The molecule has 0 aliphatic carbocycles. The molecule has 0 spiro atoms. The lowest BCUT2D eigenvalue weighted by atomic mass is 10.2. The van der Waals surface area contributed by atoms with Gasteiger partial charge in [0.15, 0.2) is 18.1 Å². The average Bonchev–Trinajstić information content (AvgIpc) is 2.76. The van der Waals surface area contributed by atoms with Crippen LogP contribution < -0.4 is 24.2 Å². The number of anilines is 1. The molecule has 2 N–H and O–H groups in total. The highest BCUT2D eigenvalue weighted by atomic mass is 32.2. The maximum atomic E-state index is 12.3. The number of carbonyl (C=O) groups is 2. The standard InChI is InChI=1S/C20H24N2O8S/c1-13(22-31(25,26)15-8-6-5-7-9-15)20(24)30-12-18(23)21-14-10-16(27-2)19(29-4)17(11-14)28-3/h5-11,13,22H,12H2,1-4H3,(H,21,23). The molecule has 0 bridgehead atoms. The van der Waals surface area contributed by atoms with E-state index in [4.69, 9.17) is 18.9 Å². The summed E-state index contributed by atoms with van der Waals surface area (Å²) in [6.07, 6.45) is 0. The maximum Gasteiger partial charge on any atom is 0.324 e. The molecule has 0 fully saturated rings. The number of sulfonamides is 1. The second-order valence-corrected chi connectivity index (χ2v) is 7.94. The topological polar surface area (TPSA) is 129 Å². The van der Waals surface area contributed by atoms with Crippen LogP contribution in [0.2, 0.25) is 0 Å². The smallest absolute Gasteiger partial charge is 0.324 e. The second kappa shape index (κ2) is 10.6. The third-order valence-electron chi connectivity index (χ3n) is 4.03. The molecule has 31 heavy (non-hydrogen) atoms. The summed E-state index contributed by atoms with van der Waals surface area (Å²) < 4.78 is 47.3. The number of nitrogens with one attached hydrogen (secondary N) is 2. The number of methoxy groups -OCH3 is 3. The lowest BCUT2D eigenvalue weighted by Gasteiger charge is -2.15. The molecule has 1 atom stereocenters. The zero-order valence-electron chi connectivity index (χ0n) is 17.5. The van der Waals surface area contributed by atoms with Crippen LogP contribution in [0.3, 0.4) is 0 Å². The van der Waals surface area contributed by atoms with Gasteiger partial charge in [0, 0.05) is 17.8 Å². The summed E-state index contributed by atoms with van der Waals surface area (Å²) in [7, 11) is 0.411. The first kappa shape index (κ1) is 24.0. The van der Waals surface area contributed by atoms with E-state index in [-0.39, 0.29) is 4.90 Å². The molecular weight excluding hydrogens is 428 g/mol. The van der Waals surface area contributed by atoms with E-state index in [0.717, 1.165) is 0 Å². The third-order valence-corrected chi connectivity index (χ3v) is 5.59.